The van der Waals surface area contributed by atoms with E-state index in [0.29, 0.717) is 5.92 Å². The summed E-state index contributed by atoms with van der Waals surface area (Å²) in [6, 6.07) is 8.78. The fraction of sp³-hybridized carbons (Fsp3) is 0.438. The highest BCUT2D eigenvalue weighted by Crippen LogP contribution is 2.40. The molecule has 0 saturated heterocycles. The molecule has 0 amide bonds. The molecule has 1 aromatic carbocycles. The van der Waals surface area contributed by atoms with Crippen molar-refractivity contribution >= 4 is 11.8 Å². The van der Waals surface area contributed by atoms with E-state index in [1.165, 1.54) is 16.2 Å². The second-order valence-corrected chi connectivity index (χ2v) is 6.28. The molecule has 0 saturated carbocycles. The molecule has 106 valence electrons. The molecule has 1 N–H and O–H groups in total. The number of thioether (sulfide) groups is 1. The maximum Gasteiger partial charge on any atom is 0.122 e. The zero-order valence-electron chi connectivity index (χ0n) is 11.9. The Hall–Kier alpha value is -1.26. The molecule has 3 nitrogen and oxygen atoms in total. The summed E-state index contributed by atoms with van der Waals surface area (Å²) in [5.74, 6) is 2.93. The quantitative estimate of drug-likeness (QED) is 0.827. The van der Waals surface area contributed by atoms with Gasteiger partial charge in [0, 0.05) is 35.5 Å². The number of rotatable bonds is 6. The number of fused-ring (bicyclic) bond motifs is 1. The van der Waals surface area contributed by atoms with Gasteiger partial charge in [-0.1, -0.05) is 25.1 Å². The molecule has 2 aromatic rings. The van der Waals surface area contributed by atoms with Gasteiger partial charge in [0.1, 0.15) is 5.82 Å². The minimum absolute atomic E-state index is 0.607. The first-order chi connectivity index (χ1) is 9.88. The van der Waals surface area contributed by atoms with Gasteiger partial charge in [0.15, 0.2) is 0 Å². The predicted molar refractivity (Wildman–Crippen MR) is 84.1 cm³/mol. The largest absolute Gasteiger partial charge is 0.333 e. The standard InChI is InChI=1S/C16H21N3S/c1-2-7-17-10-16-18-8-9-19(16)11-13-12-20-15-6-4-3-5-14(13)15/h3-6,8-9,13,17H,2,7,10-12H2,1H3. The summed E-state index contributed by atoms with van der Waals surface area (Å²) in [4.78, 5) is 5.93. The first kappa shape index (κ1) is 13.7. The first-order valence-corrected chi connectivity index (χ1v) is 8.29. The van der Waals surface area contributed by atoms with Gasteiger partial charge in [-0.15, -0.1) is 11.8 Å². The Balaban J connectivity index is 1.69. The lowest BCUT2D eigenvalue weighted by molar-refractivity contribution is 0.553. The Morgan fingerprint density at radius 3 is 3.20 bits per heavy atom. The average molecular weight is 287 g/mol. The summed E-state index contributed by atoms with van der Waals surface area (Å²) >= 11 is 1.98. The highest BCUT2D eigenvalue weighted by molar-refractivity contribution is 7.99. The Labute approximate surface area is 124 Å². The van der Waals surface area contributed by atoms with Crippen molar-refractivity contribution in [2.75, 3.05) is 12.3 Å². The van der Waals surface area contributed by atoms with Crippen LogP contribution in [0.25, 0.3) is 0 Å². The first-order valence-electron chi connectivity index (χ1n) is 7.31. The fourth-order valence-corrected chi connectivity index (χ4v) is 3.91. The van der Waals surface area contributed by atoms with Crippen LogP contribution < -0.4 is 5.32 Å². The van der Waals surface area contributed by atoms with E-state index in [2.05, 4.69) is 52.3 Å². The van der Waals surface area contributed by atoms with Crippen LogP contribution in [0, 0.1) is 0 Å². The van der Waals surface area contributed by atoms with Crippen molar-refractivity contribution in [3.63, 3.8) is 0 Å². The van der Waals surface area contributed by atoms with Crippen LogP contribution in [0.5, 0.6) is 0 Å². The van der Waals surface area contributed by atoms with Gasteiger partial charge in [-0.2, -0.15) is 0 Å². The molecule has 3 rings (SSSR count). The Morgan fingerprint density at radius 1 is 1.40 bits per heavy atom. The Bertz CT molecular complexity index is 564. The normalized spacial score (nSPS) is 17.4. The van der Waals surface area contributed by atoms with E-state index in [0.717, 1.165) is 31.9 Å². The maximum absolute atomic E-state index is 4.48. The number of imidazole rings is 1. The third kappa shape index (κ3) is 2.91. The zero-order valence-corrected chi connectivity index (χ0v) is 12.7. The average Bonchev–Trinajstić information content (AvgIpc) is 3.08. The van der Waals surface area contributed by atoms with E-state index in [4.69, 9.17) is 0 Å². The van der Waals surface area contributed by atoms with Gasteiger partial charge in [0.2, 0.25) is 0 Å². The van der Waals surface area contributed by atoms with Crippen molar-refractivity contribution in [1.29, 1.82) is 0 Å². The summed E-state index contributed by atoms with van der Waals surface area (Å²) in [6.45, 7) is 5.14. The molecule has 20 heavy (non-hydrogen) atoms. The van der Waals surface area contributed by atoms with E-state index < -0.39 is 0 Å². The lowest BCUT2D eigenvalue weighted by Crippen LogP contribution is -2.19. The predicted octanol–water partition coefficient (Wildman–Crippen LogP) is 3.27. The molecular weight excluding hydrogens is 266 g/mol. The summed E-state index contributed by atoms with van der Waals surface area (Å²) in [7, 11) is 0. The molecule has 0 radical (unpaired) electrons. The van der Waals surface area contributed by atoms with Crippen LogP contribution in [-0.2, 0) is 13.1 Å². The summed E-state index contributed by atoms with van der Waals surface area (Å²) in [6.07, 6.45) is 5.18. The molecule has 1 atom stereocenters. The summed E-state index contributed by atoms with van der Waals surface area (Å²) in [5.41, 5.74) is 1.50. The van der Waals surface area contributed by atoms with Crippen LogP contribution in [0.4, 0.5) is 0 Å². The second-order valence-electron chi connectivity index (χ2n) is 5.22. The Morgan fingerprint density at radius 2 is 2.30 bits per heavy atom. The number of aromatic nitrogens is 2. The maximum atomic E-state index is 4.48. The van der Waals surface area contributed by atoms with Crippen LogP contribution in [0.3, 0.4) is 0 Å². The summed E-state index contributed by atoms with van der Waals surface area (Å²) < 4.78 is 2.30. The van der Waals surface area contributed by atoms with Crippen molar-refractivity contribution < 1.29 is 0 Å². The van der Waals surface area contributed by atoms with Crippen molar-refractivity contribution in [3.8, 4) is 0 Å². The minimum atomic E-state index is 0.607. The lowest BCUT2D eigenvalue weighted by atomic mass is 10.0. The van der Waals surface area contributed by atoms with Gasteiger partial charge in [-0.05, 0) is 24.6 Å². The third-order valence-electron chi connectivity index (χ3n) is 3.73. The van der Waals surface area contributed by atoms with Crippen molar-refractivity contribution in [1.82, 2.24) is 14.9 Å². The molecule has 4 heteroatoms. The minimum Gasteiger partial charge on any atom is -0.333 e. The highest BCUT2D eigenvalue weighted by Gasteiger charge is 2.23. The van der Waals surface area contributed by atoms with Crippen LogP contribution in [0.1, 0.15) is 30.7 Å². The molecular formula is C16H21N3S. The molecule has 1 unspecified atom stereocenters. The van der Waals surface area contributed by atoms with Crippen LogP contribution >= 0.6 is 11.8 Å². The number of benzene rings is 1. The number of nitrogens with zero attached hydrogens (tertiary/aromatic N) is 2. The third-order valence-corrected chi connectivity index (χ3v) is 4.98. The topological polar surface area (TPSA) is 29.9 Å². The summed E-state index contributed by atoms with van der Waals surface area (Å²) in [5, 5.41) is 3.43. The van der Waals surface area contributed by atoms with Gasteiger partial charge in [0.05, 0.1) is 6.54 Å². The number of hydrogen-bond acceptors (Lipinski definition) is 3. The van der Waals surface area contributed by atoms with E-state index in [9.17, 15) is 0 Å². The van der Waals surface area contributed by atoms with E-state index in [1.807, 2.05) is 18.0 Å². The monoisotopic (exact) mass is 287 g/mol. The SMILES string of the molecule is CCCNCc1nccn1CC1CSc2ccccc21. The van der Waals surface area contributed by atoms with Gasteiger partial charge < -0.3 is 9.88 Å². The number of nitrogens with one attached hydrogen (secondary N) is 1. The highest BCUT2D eigenvalue weighted by atomic mass is 32.2. The molecule has 0 bridgehead atoms. The van der Waals surface area contributed by atoms with Gasteiger partial charge in [0.25, 0.3) is 0 Å². The molecule has 2 heterocycles. The molecule has 1 aliphatic rings. The van der Waals surface area contributed by atoms with Gasteiger partial charge >= 0.3 is 0 Å². The van der Waals surface area contributed by atoms with Crippen molar-refractivity contribution in [2.45, 2.75) is 37.2 Å². The molecule has 0 aliphatic carbocycles. The second kappa shape index (κ2) is 6.46. The van der Waals surface area contributed by atoms with Gasteiger partial charge in [-0.3, -0.25) is 0 Å². The Kier molecular flexibility index (Phi) is 4.43. The molecule has 1 aliphatic heterocycles. The smallest absolute Gasteiger partial charge is 0.122 e. The lowest BCUT2D eigenvalue weighted by Gasteiger charge is -2.14. The van der Waals surface area contributed by atoms with E-state index in [1.54, 1.807) is 0 Å². The van der Waals surface area contributed by atoms with Crippen LogP contribution in [0.2, 0.25) is 0 Å². The van der Waals surface area contributed by atoms with Crippen molar-refractivity contribution in [2.24, 2.45) is 0 Å². The molecule has 0 fully saturated rings. The van der Waals surface area contributed by atoms with Gasteiger partial charge in [-0.25, -0.2) is 4.98 Å². The van der Waals surface area contributed by atoms with Crippen molar-refractivity contribution in [3.05, 3.63) is 48.0 Å². The van der Waals surface area contributed by atoms with Crippen LogP contribution in [0.15, 0.2) is 41.6 Å². The van der Waals surface area contributed by atoms with E-state index >= 15 is 0 Å². The molecule has 0 spiro atoms. The van der Waals surface area contributed by atoms with Crippen LogP contribution in [-0.4, -0.2) is 21.8 Å². The van der Waals surface area contributed by atoms with E-state index in [-0.39, 0.29) is 0 Å². The zero-order chi connectivity index (χ0) is 13.8. The molecule has 1 aromatic heterocycles. The number of hydrogen-bond donors (Lipinski definition) is 1. The fourth-order valence-electron chi connectivity index (χ4n) is 2.67.